The van der Waals surface area contributed by atoms with Crippen molar-refractivity contribution in [3.63, 3.8) is 0 Å². The molecule has 22 heavy (non-hydrogen) atoms. The summed E-state index contributed by atoms with van der Waals surface area (Å²) in [7, 11) is 0. The summed E-state index contributed by atoms with van der Waals surface area (Å²) in [6.45, 7) is 0. The molecule has 0 heterocycles. The molecule has 0 aliphatic carbocycles. The number of para-hydroxylation sites is 1. The van der Waals surface area contributed by atoms with E-state index in [1.165, 1.54) is 6.21 Å². The van der Waals surface area contributed by atoms with E-state index in [9.17, 15) is 9.59 Å². The number of benzene rings is 2. The first kappa shape index (κ1) is 16.4. The van der Waals surface area contributed by atoms with E-state index >= 15 is 0 Å². The van der Waals surface area contributed by atoms with Crippen LogP contribution < -0.4 is 10.7 Å². The zero-order valence-corrected chi connectivity index (χ0v) is 14.4. The Bertz CT molecular complexity index is 732. The maximum atomic E-state index is 11.7. The predicted octanol–water partition coefficient (Wildman–Crippen LogP) is 3.30. The van der Waals surface area contributed by atoms with Gasteiger partial charge in [-0.25, -0.2) is 5.43 Å². The third kappa shape index (κ3) is 4.78. The topological polar surface area (TPSA) is 70.6 Å². The summed E-state index contributed by atoms with van der Waals surface area (Å²) in [5.41, 5.74) is 3.48. The molecule has 2 rings (SSSR count). The Balaban J connectivity index is 1.92. The summed E-state index contributed by atoms with van der Waals surface area (Å²) in [5.74, 6) is -1.64. The number of carbonyl (C=O) groups is 2. The molecule has 2 aromatic rings. The number of nitrogens with one attached hydrogen (secondary N) is 2. The molecule has 0 saturated heterocycles. The third-order valence-electron chi connectivity index (χ3n) is 2.56. The van der Waals surface area contributed by atoms with Crippen molar-refractivity contribution in [3.05, 3.63) is 63.0 Å². The second kappa shape index (κ2) is 7.86. The predicted molar refractivity (Wildman–Crippen MR) is 92.7 cm³/mol. The van der Waals surface area contributed by atoms with E-state index in [4.69, 9.17) is 0 Å². The fourth-order valence-corrected chi connectivity index (χ4v) is 2.35. The smallest absolute Gasteiger partial charge is 0.317 e. The van der Waals surface area contributed by atoms with E-state index in [1.54, 1.807) is 18.2 Å². The number of hydrogen-bond acceptors (Lipinski definition) is 3. The van der Waals surface area contributed by atoms with Gasteiger partial charge in [0.2, 0.25) is 0 Å². The number of rotatable bonds is 3. The van der Waals surface area contributed by atoms with Crippen LogP contribution in [0, 0.1) is 0 Å². The van der Waals surface area contributed by atoms with Crippen molar-refractivity contribution in [1.82, 2.24) is 5.43 Å². The molecule has 0 bridgehead atoms. The molecule has 2 amide bonds. The van der Waals surface area contributed by atoms with Crippen LogP contribution in [-0.4, -0.2) is 18.0 Å². The van der Waals surface area contributed by atoms with Crippen LogP contribution in [0.5, 0.6) is 0 Å². The quantitative estimate of drug-likeness (QED) is 0.450. The molecule has 0 aliphatic rings. The van der Waals surface area contributed by atoms with E-state index in [1.807, 2.05) is 30.3 Å². The van der Waals surface area contributed by atoms with Gasteiger partial charge in [0.25, 0.3) is 0 Å². The van der Waals surface area contributed by atoms with Gasteiger partial charge >= 0.3 is 11.8 Å². The number of nitrogens with zero attached hydrogens (tertiary/aromatic N) is 1. The molecule has 0 fully saturated rings. The summed E-state index contributed by atoms with van der Waals surface area (Å²) in [6.07, 6.45) is 1.45. The van der Waals surface area contributed by atoms with Crippen molar-refractivity contribution < 1.29 is 9.59 Å². The van der Waals surface area contributed by atoms with Crippen LogP contribution in [0.4, 0.5) is 5.69 Å². The highest BCUT2D eigenvalue weighted by atomic mass is 79.9. The number of amides is 2. The summed E-state index contributed by atoms with van der Waals surface area (Å²) in [6, 6.07) is 14.4. The number of hydrazone groups is 1. The molecule has 2 N–H and O–H groups in total. The molecule has 7 heteroatoms. The van der Waals surface area contributed by atoms with Gasteiger partial charge in [-0.05, 0) is 45.8 Å². The van der Waals surface area contributed by atoms with Crippen LogP contribution >= 0.6 is 31.9 Å². The molecule has 0 aromatic heterocycles. The SMILES string of the molecule is O=C(N/N=C\c1cccc(Br)c1)C(=O)Nc1ccccc1Br. The third-order valence-corrected chi connectivity index (χ3v) is 3.74. The molecular weight excluding hydrogens is 414 g/mol. The Kier molecular flexibility index (Phi) is 5.85. The van der Waals surface area contributed by atoms with Crippen molar-refractivity contribution in [2.75, 3.05) is 5.32 Å². The summed E-state index contributed by atoms with van der Waals surface area (Å²) in [4.78, 5) is 23.4. The molecule has 0 unspecified atom stereocenters. The number of hydrogen-bond donors (Lipinski definition) is 2. The Hall–Kier alpha value is -1.99. The van der Waals surface area contributed by atoms with Crippen LogP contribution in [0.1, 0.15) is 5.56 Å². The fraction of sp³-hybridized carbons (Fsp3) is 0. The highest BCUT2D eigenvalue weighted by molar-refractivity contribution is 9.10. The average Bonchev–Trinajstić information content (AvgIpc) is 2.49. The number of halogens is 2. The van der Waals surface area contributed by atoms with Gasteiger partial charge in [-0.15, -0.1) is 0 Å². The van der Waals surface area contributed by atoms with Gasteiger partial charge in [0, 0.05) is 8.95 Å². The molecule has 0 spiro atoms. The van der Waals surface area contributed by atoms with E-state index in [0.29, 0.717) is 10.2 Å². The Morgan fingerprint density at radius 3 is 2.50 bits per heavy atom. The molecular formula is C15H11Br2N3O2. The summed E-state index contributed by atoms with van der Waals surface area (Å²) < 4.78 is 1.59. The lowest BCUT2D eigenvalue weighted by atomic mass is 10.2. The van der Waals surface area contributed by atoms with E-state index < -0.39 is 11.8 Å². The Morgan fingerprint density at radius 1 is 1.00 bits per heavy atom. The van der Waals surface area contributed by atoms with Crippen molar-refractivity contribution in [1.29, 1.82) is 0 Å². The Labute approximate surface area is 144 Å². The van der Waals surface area contributed by atoms with Crippen LogP contribution in [0.15, 0.2) is 62.6 Å². The van der Waals surface area contributed by atoms with E-state index in [0.717, 1.165) is 10.0 Å². The summed E-state index contributed by atoms with van der Waals surface area (Å²) in [5, 5.41) is 6.24. The van der Waals surface area contributed by atoms with E-state index in [-0.39, 0.29) is 0 Å². The standard InChI is InChI=1S/C15H11Br2N3O2/c16-11-5-3-4-10(8-11)9-18-20-15(22)14(21)19-13-7-2-1-6-12(13)17/h1-9H,(H,19,21)(H,20,22)/b18-9-. The van der Waals surface area contributed by atoms with Gasteiger partial charge in [-0.3, -0.25) is 9.59 Å². The molecule has 0 saturated carbocycles. The maximum Gasteiger partial charge on any atom is 0.329 e. The normalized spacial score (nSPS) is 10.5. The van der Waals surface area contributed by atoms with Crippen molar-refractivity contribution in [3.8, 4) is 0 Å². The van der Waals surface area contributed by atoms with Gasteiger partial charge in [-0.1, -0.05) is 40.2 Å². The number of anilines is 1. The Morgan fingerprint density at radius 2 is 1.77 bits per heavy atom. The van der Waals surface area contributed by atoms with Crippen molar-refractivity contribution >= 4 is 55.6 Å². The van der Waals surface area contributed by atoms with Crippen LogP contribution in [0.3, 0.4) is 0 Å². The molecule has 0 atom stereocenters. The first-order chi connectivity index (χ1) is 10.6. The highest BCUT2D eigenvalue weighted by Gasteiger charge is 2.13. The lowest BCUT2D eigenvalue weighted by Gasteiger charge is -2.05. The fourth-order valence-electron chi connectivity index (χ4n) is 1.54. The molecule has 0 radical (unpaired) electrons. The van der Waals surface area contributed by atoms with Crippen LogP contribution in [-0.2, 0) is 9.59 Å². The first-order valence-corrected chi connectivity index (χ1v) is 7.79. The summed E-state index contributed by atoms with van der Waals surface area (Å²) >= 11 is 6.62. The van der Waals surface area contributed by atoms with Crippen LogP contribution in [0.2, 0.25) is 0 Å². The second-order valence-electron chi connectivity index (χ2n) is 4.19. The molecule has 0 aliphatic heterocycles. The van der Waals surface area contributed by atoms with Gasteiger partial charge in [0.1, 0.15) is 0 Å². The van der Waals surface area contributed by atoms with Gasteiger partial charge in [-0.2, -0.15) is 5.10 Å². The van der Waals surface area contributed by atoms with E-state index in [2.05, 4.69) is 47.7 Å². The first-order valence-electron chi connectivity index (χ1n) is 6.21. The molecule has 2 aromatic carbocycles. The lowest BCUT2D eigenvalue weighted by Crippen LogP contribution is -2.32. The maximum absolute atomic E-state index is 11.7. The zero-order chi connectivity index (χ0) is 15.9. The minimum Gasteiger partial charge on any atom is -0.317 e. The monoisotopic (exact) mass is 423 g/mol. The van der Waals surface area contributed by atoms with Gasteiger partial charge < -0.3 is 5.32 Å². The lowest BCUT2D eigenvalue weighted by molar-refractivity contribution is -0.136. The molecule has 5 nitrogen and oxygen atoms in total. The highest BCUT2D eigenvalue weighted by Crippen LogP contribution is 2.20. The average molecular weight is 425 g/mol. The van der Waals surface area contributed by atoms with Crippen molar-refractivity contribution in [2.24, 2.45) is 5.10 Å². The minimum atomic E-state index is -0.845. The van der Waals surface area contributed by atoms with Crippen LogP contribution in [0.25, 0.3) is 0 Å². The van der Waals surface area contributed by atoms with Gasteiger partial charge in [0.15, 0.2) is 0 Å². The number of carbonyl (C=O) groups excluding carboxylic acids is 2. The second-order valence-corrected chi connectivity index (χ2v) is 5.96. The minimum absolute atomic E-state index is 0.513. The largest absolute Gasteiger partial charge is 0.329 e. The van der Waals surface area contributed by atoms with Gasteiger partial charge in [0.05, 0.1) is 11.9 Å². The molecule has 112 valence electrons. The zero-order valence-electron chi connectivity index (χ0n) is 11.2. The van der Waals surface area contributed by atoms with Crippen molar-refractivity contribution in [2.45, 2.75) is 0 Å².